The van der Waals surface area contributed by atoms with Crippen LogP contribution in [0.4, 0.5) is 4.79 Å². The third kappa shape index (κ3) is 6.63. The molecule has 0 radical (unpaired) electrons. The van der Waals surface area contributed by atoms with Gasteiger partial charge >= 0.3 is 17.8 Å². The number of H-pyrrole nitrogens is 1. The molecule has 3 N–H and O–H groups in total. The lowest BCUT2D eigenvalue weighted by Crippen LogP contribution is -2.44. The van der Waals surface area contributed by atoms with E-state index in [1.54, 1.807) is 0 Å². The molecule has 0 saturated heterocycles. The molecule has 0 aromatic carbocycles. The van der Waals surface area contributed by atoms with Gasteiger partial charge in [-0.05, 0) is 6.92 Å². The van der Waals surface area contributed by atoms with E-state index in [4.69, 9.17) is 5.11 Å². The molecule has 0 aliphatic carbocycles. The lowest BCUT2D eigenvalue weighted by molar-refractivity contribution is -0.144. The highest BCUT2D eigenvalue weighted by atomic mass is 16.5. The highest BCUT2D eigenvalue weighted by Crippen LogP contribution is 1.94. The quantitative estimate of drug-likeness (QED) is 0.457. The molecule has 0 bridgehead atoms. The van der Waals surface area contributed by atoms with E-state index in [1.807, 2.05) is 0 Å². The summed E-state index contributed by atoms with van der Waals surface area (Å²) in [5, 5.41) is 11.3. The van der Waals surface area contributed by atoms with E-state index >= 15 is 0 Å². The molecule has 1 rings (SSSR count). The predicted molar refractivity (Wildman–Crippen MR) is 89.8 cm³/mol. The van der Waals surface area contributed by atoms with Crippen molar-refractivity contribution >= 4 is 18.0 Å². The van der Waals surface area contributed by atoms with Crippen LogP contribution in [0.1, 0.15) is 5.56 Å². The Balaban J connectivity index is 2.74. The molecular formula is C15H20N4O7. The van der Waals surface area contributed by atoms with Crippen LogP contribution in [0.3, 0.4) is 0 Å². The van der Waals surface area contributed by atoms with Crippen molar-refractivity contribution in [1.82, 2.24) is 19.8 Å². The Hall–Kier alpha value is -3.37. The first-order chi connectivity index (χ1) is 12.2. The fraction of sp³-hybridized carbons (Fsp3) is 0.400. The number of aryl methyl sites for hydroxylation is 1. The van der Waals surface area contributed by atoms with Crippen LogP contribution in [0.25, 0.3) is 0 Å². The third-order valence-corrected chi connectivity index (χ3v) is 3.16. The molecule has 1 aromatic heterocycles. The van der Waals surface area contributed by atoms with Gasteiger partial charge in [0.1, 0.15) is 19.7 Å². The molecule has 142 valence electrons. The minimum absolute atomic E-state index is 0.0120. The minimum Gasteiger partial charge on any atom is -0.480 e. The minimum atomic E-state index is -1.25. The number of hydrogen-bond donors (Lipinski definition) is 3. The monoisotopic (exact) mass is 368 g/mol. The van der Waals surface area contributed by atoms with E-state index in [0.717, 1.165) is 9.47 Å². The number of nitrogens with zero attached hydrogens (tertiary/aromatic N) is 2. The molecule has 1 heterocycles. The van der Waals surface area contributed by atoms with Crippen LogP contribution >= 0.6 is 0 Å². The highest BCUT2D eigenvalue weighted by Gasteiger charge is 2.18. The second-order valence-corrected chi connectivity index (χ2v) is 5.22. The van der Waals surface area contributed by atoms with Crippen molar-refractivity contribution in [2.45, 2.75) is 13.5 Å². The molecule has 0 unspecified atom stereocenters. The lowest BCUT2D eigenvalue weighted by Gasteiger charge is -2.21. The summed E-state index contributed by atoms with van der Waals surface area (Å²) in [7, 11) is 0. The molecular weight excluding hydrogens is 348 g/mol. The SMILES string of the molecule is C=CCOC(=O)NCCN(CC(=O)O)C(=O)Cn1cc(C)c(=O)[nH]c1=O. The summed E-state index contributed by atoms with van der Waals surface area (Å²) >= 11 is 0. The number of aromatic nitrogens is 2. The topological polar surface area (TPSA) is 151 Å². The lowest BCUT2D eigenvalue weighted by atomic mass is 10.3. The summed E-state index contributed by atoms with van der Waals surface area (Å²) in [5.41, 5.74) is -1.12. The Labute approximate surface area is 147 Å². The van der Waals surface area contributed by atoms with Gasteiger partial charge < -0.3 is 20.1 Å². The maximum absolute atomic E-state index is 12.3. The maximum Gasteiger partial charge on any atom is 0.407 e. The Kier molecular flexibility index (Phi) is 7.80. The number of alkyl carbamates (subject to hydrolysis) is 1. The van der Waals surface area contributed by atoms with Crippen LogP contribution < -0.4 is 16.6 Å². The van der Waals surface area contributed by atoms with E-state index < -0.39 is 42.3 Å². The number of carboxylic acids is 1. The second-order valence-electron chi connectivity index (χ2n) is 5.22. The predicted octanol–water partition coefficient (Wildman–Crippen LogP) is -1.33. The fourth-order valence-electron chi connectivity index (χ4n) is 1.92. The number of hydrogen-bond acceptors (Lipinski definition) is 6. The molecule has 0 aliphatic rings. The smallest absolute Gasteiger partial charge is 0.407 e. The molecule has 0 spiro atoms. The molecule has 0 aliphatic heterocycles. The normalized spacial score (nSPS) is 10.0. The van der Waals surface area contributed by atoms with Gasteiger partial charge in [-0.25, -0.2) is 9.59 Å². The molecule has 1 aromatic rings. The summed E-state index contributed by atoms with van der Waals surface area (Å²) in [5.74, 6) is -1.92. The first-order valence-corrected chi connectivity index (χ1v) is 7.56. The number of rotatable bonds is 9. The average molecular weight is 368 g/mol. The number of amides is 2. The Morgan fingerprint density at radius 2 is 2.12 bits per heavy atom. The Morgan fingerprint density at radius 1 is 1.42 bits per heavy atom. The van der Waals surface area contributed by atoms with E-state index in [9.17, 15) is 24.0 Å². The molecule has 0 atom stereocenters. The summed E-state index contributed by atoms with van der Waals surface area (Å²) in [6.45, 7) is 3.64. The average Bonchev–Trinajstić information content (AvgIpc) is 2.56. The zero-order valence-electron chi connectivity index (χ0n) is 14.2. The number of carbonyl (C=O) groups is 3. The van der Waals surface area contributed by atoms with Gasteiger partial charge in [0.05, 0.1) is 0 Å². The molecule has 2 amide bonds. The second kappa shape index (κ2) is 9.81. The number of carbonyl (C=O) groups excluding carboxylic acids is 2. The highest BCUT2D eigenvalue weighted by molar-refractivity contribution is 5.81. The van der Waals surface area contributed by atoms with Crippen LogP contribution in [0.15, 0.2) is 28.4 Å². The third-order valence-electron chi connectivity index (χ3n) is 3.16. The van der Waals surface area contributed by atoms with Crippen molar-refractivity contribution in [2.75, 3.05) is 26.2 Å². The van der Waals surface area contributed by atoms with Gasteiger partial charge in [0.25, 0.3) is 5.56 Å². The zero-order chi connectivity index (χ0) is 19.7. The van der Waals surface area contributed by atoms with Crippen molar-refractivity contribution in [3.05, 3.63) is 45.3 Å². The van der Waals surface area contributed by atoms with Crippen molar-refractivity contribution in [3.8, 4) is 0 Å². The van der Waals surface area contributed by atoms with Crippen molar-refractivity contribution in [3.63, 3.8) is 0 Å². The van der Waals surface area contributed by atoms with Gasteiger partial charge in [-0.3, -0.25) is 23.9 Å². The first-order valence-electron chi connectivity index (χ1n) is 7.56. The van der Waals surface area contributed by atoms with E-state index in [0.29, 0.717) is 0 Å². The van der Waals surface area contributed by atoms with Crippen LogP contribution in [0, 0.1) is 6.92 Å². The van der Waals surface area contributed by atoms with Gasteiger partial charge in [-0.15, -0.1) is 0 Å². The molecule has 26 heavy (non-hydrogen) atoms. The largest absolute Gasteiger partial charge is 0.480 e. The standard InChI is InChI=1S/C15H20N4O7/c1-3-6-26-15(25)16-4-5-18(9-12(21)22)11(20)8-19-7-10(2)13(23)17-14(19)24/h3,7H,1,4-6,8-9H2,2H3,(H,16,25)(H,21,22)(H,17,23,24). The van der Waals surface area contributed by atoms with Crippen LogP contribution in [-0.2, 0) is 20.9 Å². The van der Waals surface area contributed by atoms with Gasteiger partial charge in [0, 0.05) is 24.8 Å². The number of aromatic amines is 1. The van der Waals surface area contributed by atoms with Crippen molar-refractivity contribution < 1.29 is 24.2 Å². The molecule has 11 nitrogen and oxygen atoms in total. The van der Waals surface area contributed by atoms with Gasteiger partial charge in [-0.2, -0.15) is 0 Å². The summed E-state index contributed by atoms with van der Waals surface area (Å²) in [6, 6.07) is 0. The van der Waals surface area contributed by atoms with E-state index in [-0.39, 0.29) is 25.3 Å². The van der Waals surface area contributed by atoms with Gasteiger partial charge in [-0.1, -0.05) is 12.7 Å². The summed E-state index contributed by atoms with van der Waals surface area (Å²) in [6.07, 6.45) is 1.85. The molecule has 0 fully saturated rings. The first kappa shape index (κ1) is 20.7. The van der Waals surface area contributed by atoms with Crippen LogP contribution in [0.5, 0.6) is 0 Å². The van der Waals surface area contributed by atoms with Crippen molar-refractivity contribution in [2.24, 2.45) is 0 Å². The maximum atomic E-state index is 12.3. The number of ether oxygens (including phenoxy) is 1. The summed E-state index contributed by atoms with van der Waals surface area (Å²) in [4.78, 5) is 60.6. The van der Waals surface area contributed by atoms with Gasteiger partial charge in [0.2, 0.25) is 5.91 Å². The van der Waals surface area contributed by atoms with Crippen molar-refractivity contribution in [1.29, 1.82) is 0 Å². The summed E-state index contributed by atoms with van der Waals surface area (Å²) < 4.78 is 5.66. The fourth-order valence-corrected chi connectivity index (χ4v) is 1.92. The van der Waals surface area contributed by atoms with E-state index in [1.165, 1.54) is 19.2 Å². The van der Waals surface area contributed by atoms with Gasteiger partial charge in [0.15, 0.2) is 0 Å². The molecule has 0 saturated carbocycles. The van der Waals surface area contributed by atoms with Crippen LogP contribution in [-0.4, -0.2) is 63.8 Å². The number of nitrogens with one attached hydrogen (secondary N) is 2. The zero-order valence-corrected chi connectivity index (χ0v) is 14.2. The van der Waals surface area contributed by atoms with E-state index in [2.05, 4.69) is 21.6 Å². The Bertz CT molecular complexity index is 796. The Morgan fingerprint density at radius 3 is 2.73 bits per heavy atom. The van der Waals surface area contributed by atoms with Crippen LogP contribution in [0.2, 0.25) is 0 Å². The number of aliphatic carboxylic acids is 1. The number of carboxylic acid groups (broad SMARTS) is 1. The molecule has 11 heteroatoms.